The van der Waals surface area contributed by atoms with Crippen LogP contribution in [0, 0.1) is 0 Å². The Morgan fingerprint density at radius 1 is 1.26 bits per heavy atom. The van der Waals surface area contributed by atoms with Gasteiger partial charge in [-0.05, 0) is 19.4 Å². The summed E-state index contributed by atoms with van der Waals surface area (Å²) in [6.45, 7) is 6.57. The lowest BCUT2D eigenvalue weighted by Crippen LogP contribution is -2.13. The summed E-state index contributed by atoms with van der Waals surface area (Å²) >= 11 is 6.12. The highest BCUT2D eigenvalue weighted by Gasteiger charge is 2.21. The van der Waals surface area contributed by atoms with Crippen LogP contribution in [0.5, 0.6) is 0 Å². The quantitative estimate of drug-likeness (QED) is 0.765. The molecular formula is C14H24N2S3. The SMILES string of the molecule is CCCNCc1sc(C2CSCCS2)nc1CCC. The molecule has 0 saturated carbocycles. The minimum Gasteiger partial charge on any atom is -0.312 e. The molecule has 0 radical (unpaired) electrons. The van der Waals surface area contributed by atoms with E-state index in [0.29, 0.717) is 5.25 Å². The zero-order valence-electron chi connectivity index (χ0n) is 11.9. The third-order valence-corrected chi connectivity index (χ3v) is 7.21. The molecule has 0 amide bonds. The molecule has 2 heterocycles. The van der Waals surface area contributed by atoms with Gasteiger partial charge in [0.05, 0.1) is 10.9 Å². The summed E-state index contributed by atoms with van der Waals surface area (Å²) < 4.78 is 0. The fourth-order valence-electron chi connectivity index (χ4n) is 2.12. The lowest BCUT2D eigenvalue weighted by Gasteiger charge is -2.18. The molecule has 1 saturated heterocycles. The van der Waals surface area contributed by atoms with Crippen molar-refractivity contribution in [1.82, 2.24) is 10.3 Å². The van der Waals surface area contributed by atoms with E-state index in [1.807, 2.05) is 11.3 Å². The van der Waals surface area contributed by atoms with E-state index in [0.717, 1.165) is 19.5 Å². The molecule has 1 unspecified atom stereocenters. The molecule has 19 heavy (non-hydrogen) atoms. The van der Waals surface area contributed by atoms with Crippen LogP contribution in [0.15, 0.2) is 0 Å². The summed E-state index contributed by atoms with van der Waals surface area (Å²) in [7, 11) is 0. The Morgan fingerprint density at radius 2 is 2.16 bits per heavy atom. The Morgan fingerprint density at radius 3 is 2.84 bits per heavy atom. The topological polar surface area (TPSA) is 24.9 Å². The van der Waals surface area contributed by atoms with E-state index in [4.69, 9.17) is 4.98 Å². The highest BCUT2D eigenvalue weighted by molar-refractivity contribution is 8.06. The Labute approximate surface area is 129 Å². The van der Waals surface area contributed by atoms with Gasteiger partial charge in [-0.15, -0.1) is 23.1 Å². The van der Waals surface area contributed by atoms with Gasteiger partial charge in [0.1, 0.15) is 5.01 Å². The van der Waals surface area contributed by atoms with Crippen molar-refractivity contribution in [1.29, 1.82) is 0 Å². The van der Waals surface area contributed by atoms with Gasteiger partial charge in [0.15, 0.2) is 0 Å². The maximum atomic E-state index is 4.95. The van der Waals surface area contributed by atoms with Gasteiger partial charge < -0.3 is 5.32 Å². The molecule has 1 atom stereocenters. The average molecular weight is 317 g/mol. The number of aromatic nitrogens is 1. The number of rotatable bonds is 7. The van der Waals surface area contributed by atoms with E-state index >= 15 is 0 Å². The molecular weight excluding hydrogens is 292 g/mol. The second-order valence-electron chi connectivity index (χ2n) is 4.78. The molecule has 2 rings (SSSR count). The molecule has 1 aromatic heterocycles. The number of aryl methyl sites for hydroxylation is 1. The maximum absolute atomic E-state index is 4.95. The Bertz CT molecular complexity index is 373. The summed E-state index contributed by atoms with van der Waals surface area (Å²) in [6.07, 6.45) is 3.52. The predicted octanol–water partition coefficient (Wildman–Crippen LogP) is 4.12. The zero-order chi connectivity index (χ0) is 13.5. The molecule has 0 aromatic carbocycles. The van der Waals surface area contributed by atoms with Crippen LogP contribution in [-0.4, -0.2) is 28.8 Å². The second kappa shape index (κ2) is 8.55. The lowest BCUT2D eigenvalue weighted by molar-refractivity contribution is 0.674. The standard InChI is InChI=1S/C14H24N2S3/c1-3-5-11-12(9-15-6-4-2)19-14(16-11)13-10-17-7-8-18-13/h13,15H,3-10H2,1-2H3. The minimum absolute atomic E-state index is 0.638. The molecule has 2 nitrogen and oxygen atoms in total. The van der Waals surface area contributed by atoms with Gasteiger partial charge >= 0.3 is 0 Å². The van der Waals surface area contributed by atoms with Crippen LogP contribution < -0.4 is 5.32 Å². The molecule has 5 heteroatoms. The second-order valence-corrected chi connectivity index (χ2v) is 8.36. The molecule has 0 bridgehead atoms. The van der Waals surface area contributed by atoms with E-state index < -0.39 is 0 Å². The van der Waals surface area contributed by atoms with Crippen LogP contribution in [0.4, 0.5) is 0 Å². The van der Waals surface area contributed by atoms with Crippen LogP contribution in [0.1, 0.15) is 47.5 Å². The summed E-state index contributed by atoms with van der Waals surface area (Å²) in [5.74, 6) is 3.83. The van der Waals surface area contributed by atoms with Gasteiger partial charge in [-0.1, -0.05) is 20.3 Å². The van der Waals surface area contributed by atoms with Gasteiger partial charge in [0.2, 0.25) is 0 Å². The summed E-state index contributed by atoms with van der Waals surface area (Å²) in [5.41, 5.74) is 1.35. The fraction of sp³-hybridized carbons (Fsp3) is 0.786. The van der Waals surface area contributed by atoms with Crippen LogP contribution in [0.25, 0.3) is 0 Å². The fourth-order valence-corrected chi connectivity index (χ4v) is 6.19. The molecule has 108 valence electrons. The molecule has 0 spiro atoms. The van der Waals surface area contributed by atoms with Crippen LogP contribution in [0.3, 0.4) is 0 Å². The first-order valence-corrected chi connectivity index (χ1v) is 10.3. The van der Waals surface area contributed by atoms with Gasteiger partial charge in [-0.2, -0.15) is 11.8 Å². The van der Waals surface area contributed by atoms with Gasteiger partial charge in [-0.25, -0.2) is 4.98 Å². The third kappa shape index (κ3) is 4.66. The largest absolute Gasteiger partial charge is 0.312 e. The van der Waals surface area contributed by atoms with Crippen molar-refractivity contribution in [2.75, 3.05) is 23.8 Å². The zero-order valence-corrected chi connectivity index (χ0v) is 14.4. The highest BCUT2D eigenvalue weighted by Crippen LogP contribution is 2.39. The molecule has 0 aliphatic carbocycles. The Kier molecular flexibility index (Phi) is 7.05. The molecule has 1 N–H and O–H groups in total. The first-order chi connectivity index (χ1) is 9.35. The lowest BCUT2D eigenvalue weighted by atomic mass is 10.2. The summed E-state index contributed by atoms with van der Waals surface area (Å²) in [6, 6.07) is 0. The van der Waals surface area contributed by atoms with Crippen molar-refractivity contribution < 1.29 is 0 Å². The van der Waals surface area contributed by atoms with Crippen LogP contribution >= 0.6 is 34.9 Å². The molecule has 1 aliphatic rings. The number of nitrogens with one attached hydrogen (secondary N) is 1. The van der Waals surface area contributed by atoms with Gasteiger partial charge in [0.25, 0.3) is 0 Å². The van der Waals surface area contributed by atoms with E-state index in [9.17, 15) is 0 Å². The third-order valence-electron chi connectivity index (χ3n) is 3.09. The first-order valence-electron chi connectivity index (χ1n) is 7.23. The number of nitrogens with zero attached hydrogens (tertiary/aromatic N) is 1. The van der Waals surface area contributed by atoms with E-state index in [1.54, 1.807) is 0 Å². The van der Waals surface area contributed by atoms with Gasteiger partial charge in [-0.3, -0.25) is 0 Å². The van der Waals surface area contributed by atoms with Crippen LogP contribution in [0.2, 0.25) is 0 Å². The van der Waals surface area contributed by atoms with E-state index in [-0.39, 0.29) is 0 Å². The van der Waals surface area contributed by atoms with Crippen molar-refractivity contribution >= 4 is 34.9 Å². The number of hydrogen-bond acceptors (Lipinski definition) is 5. The van der Waals surface area contributed by atoms with Gasteiger partial charge in [0, 0.05) is 28.7 Å². The smallest absolute Gasteiger partial charge is 0.107 e. The van der Waals surface area contributed by atoms with Crippen molar-refractivity contribution in [3.8, 4) is 0 Å². The summed E-state index contributed by atoms with van der Waals surface area (Å²) in [5, 5.41) is 5.53. The Hall–Kier alpha value is 0.290. The minimum atomic E-state index is 0.638. The van der Waals surface area contributed by atoms with Crippen molar-refractivity contribution in [3.05, 3.63) is 15.6 Å². The monoisotopic (exact) mass is 316 g/mol. The highest BCUT2D eigenvalue weighted by atomic mass is 32.2. The van der Waals surface area contributed by atoms with E-state index in [1.165, 1.54) is 45.7 Å². The van der Waals surface area contributed by atoms with E-state index in [2.05, 4.69) is 42.7 Å². The number of hydrogen-bond donors (Lipinski definition) is 1. The first kappa shape index (κ1) is 15.7. The number of thioether (sulfide) groups is 2. The normalized spacial score (nSPS) is 19.8. The molecule has 1 aromatic rings. The van der Waals surface area contributed by atoms with Crippen molar-refractivity contribution in [2.45, 2.75) is 44.9 Å². The molecule has 1 aliphatic heterocycles. The maximum Gasteiger partial charge on any atom is 0.107 e. The average Bonchev–Trinajstić information content (AvgIpc) is 2.84. The Balaban J connectivity index is 2.04. The molecule has 1 fully saturated rings. The summed E-state index contributed by atoms with van der Waals surface area (Å²) in [4.78, 5) is 6.42. The van der Waals surface area contributed by atoms with Crippen molar-refractivity contribution in [3.63, 3.8) is 0 Å². The van der Waals surface area contributed by atoms with Crippen molar-refractivity contribution in [2.24, 2.45) is 0 Å². The number of thiazole rings is 1. The predicted molar refractivity (Wildman–Crippen MR) is 90.6 cm³/mol. The van der Waals surface area contributed by atoms with Crippen LogP contribution in [-0.2, 0) is 13.0 Å².